The van der Waals surface area contributed by atoms with Crippen molar-refractivity contribution < 1.29 is 0 Å². The molecule has 26 heavy (non-hydrogen) atoms. The second kappa shape index (κ2) is 5.92. The van der Waals surface area contributed by atoms with Gasteiger partial charge in [-0.2, -0.15) is 0 Å². The van der Waals surface area contributed by atoms with Gasteiger partial charge in [-0.25, -0.2) is 0 Å². The van der Waals surface area contributed by atoms with Crippen molar-refractivity contribution in [3.05, 3.63) is 93.7 Å². The van der Waals surface area contributed by atoms with E-state index >= 15 is 0 Å². The zero-order valence-corrected chi connectivity index (χ0v) is 14.2. The summed E-state index contributed by atoms with van der Waals surface area (Å²) in [5.74, 6) is 0. The van der Waals surface area contributed by atoms with Crippen LogP contribution in [0.5, 0.6) is 0 Å². The third kappa shape index (κ3) is 2.26. The second-order valence-corrected chi connectivity index (χ2v) is 6.58. The average molecular weight is 339 g/mol. The van der Waals surface area contributed by atoms with E-state index in [0.717, 1.165) is 52.3 Å². The van der Waals surface area contributed by atoms with E-state index in [2.05, 4.69) is 17.1 Å². The highest BCUT2D eigenvalue weighted by Gasteiger charge is 2.27. The molecule has 0 atom stereocenters. The van der Waals surface area contributed by atoms with Gasteiger partial charge in [0.25, 0.3) is 5.56 Å². The SMILES string of the molecule is O=c1c2c(c3c(n1-c1ccccc1)CCC=C3)N=C(c1cccnc1)C2. The number of aromatic nitrogens is 2. The third-order valence-electron chi connectivity index (χ3n) is 5.02. The molecule has 2 aliphatic rings. The molecule has 0 radical (unpaired) electrons. The monoisotopic (exact) mass is 339 g/mol. The van der Waals surface area contributed by atoms with E-state index in [-0.39, 0.29) is 5.56 Å². The lowest BCUT2D eigenvalue weighted by atomic mass is 9.97. The largest absolute Gasteiger partial charge is 0.280 e. The maximum atomic E-state index is 13.4. The smallest absolute Gasteiger partial charge is 0.261 e. The minimum absolute atomic E-state index is 0.0443. The van der Waals surface area contributed by atoms with Crippen molar-refractivity contribution in [3.8, 4) is 5.69 Å². The molecule has 4 heteroatoms. The molecule has 126 valence electrons. The fraction of sp³-hybridized carbons (Fsp3) is 0.136. The van der Waals surface area contributed by atoms with E-state index in [1.807, 2.05) is 53.2 Å². The van der Waals surface area contributed by atoms with Gasteiger partial charge in [-0.1, -0.05) is 36.4 Å². The molecule has 0 fully saturated rings. The minimum atomic E-state index is 0.0443. The Hall–Kier alpha value is -3.27. The number of hydrogen-bond acceptors (Lipinski definition) is 3. The molecule has 1 aliphatic carbocycles. The van der Waals surface area contributed by atoms with Crippen LogP contribution >= 0.6 is 0 Å². The third-order valence-corrected chi connectivity index (χ3v) is 5.02. The molecule has 5 rings (SSSR count). The topological polar surface area (TPSA) is 47.2 Å². The van der Waals surface area contributed by atoms with E-state index in [1.54, 1.807) is 6.20 Å². The van der Waals surface area contributed by atoms with Crippen LogP contribution in [0.25, 0.3) is 11.8 Å². The number of hydrogen-bond donors (Lipinski definition) is 0. The summed E-state index contributed by atoms with van der Waals surface area (Å²) in [5, 5.41) is 0. The highest BCUT2D eigenvalue weighted by Crippen LogP contribution is 2.36. The Labute approximate surface area is 151 Å². The molecule has 2 aromatic heterocycles. The summed E-state index contributed by atoms with van der Waals surface area (Å²) < 4.78 is 1.87. The van der Waals surface area contributed by atoms with Gasteiger partial charge in [0, 0.05) is 41.3 Å². The molecule has 0 bridgehead atoms. The number of rotatable bonds is 2. The number of fused-ring (bicyclic) bond motifs is 3. The summed E-state index contributed by atoms with van der Waals surface area (Å²) in [6.45, 7) is 0. The van der Waals surface area contributed by atoms with Gasteiger partial charge in [0.2, 0.25) is 0 Å². The highest BCUT2D eigenvalue weighted by molar-refractivity contribution is 6.07. The normalized spacial score (nSPS) is 14.7. The summed E-state index contributed by atoms with van der Waals surface area (Å²) in [4.78, 5) is 22.4. The fourth-order valence-corrected chi connectivity index (χ4v) is 3.80. The molecule has 0 spiro atoms. The van der Waals surface area contributed by atoms with E-state index in [0.29, 0.717) is 6.42 Å². The van der Waals surface area contributed by atoms with Crippen LogP contribution < -0.4 is 5.56 Å². The van der Waals surface area contributed by atoms with E-state index in [9.17, 15) is 4.79 Å². The molecule has 0 amide bonds. The standard InChI is InChI=1S/C22H17N3O/c26-22-18-13-19(15-7-6-12-23-14-15)24-21(18)17-10-4-5-11-20(17)25(22)16-8-2-1-3-9-16/h1-4,6-10,12,14H,5,11,13H2. The summed E-state index contributed by atoms with van der Waals surface area (Å²) >= 11 is 0. The van der Waals surface area contributed by atoms with Crippen molar-refractivity contribution in [2.24, 2.45) is 4.99 Å². The molecule has 0 unspecified atom stereocenters. The molecular weight excluding hydrogens is 322 g/mol. The first kappa shape index (κ1) is 15.0. The van der Waals surface area contributed by atoms with Crippen LogP contribution in [-0.2, 0) is 12.8 Å². The Bertz CT molecular complexity index is 1110. The van der Waals surface area contributed by atoms with Crippen molar-refractivity contribution in [2.75, 3.05) is 0 Å². The zero-order chi connectivity index (χ0) is 17.5. The number of para-hydroxylation sites is 1. The maximum absolute atomic E-state index is 13.4. The van der Waals surface area contributed by atoms with Gasteiger partial charge >= 0.3 is 0 Å². The van der Waals surface area contributed by atoms with E-state index in [1.165, 1.54) is 0 Å². The average Bonchev–Trinajstić information content (AvgIpc) is 3.16. The summed E-state index contributed by atoms with van der Waals surface area (Å²) in [6, 6.07) is 13.8. The van der Waals surface area contributed by atoms with Gasteiger partial charge in [-0.05, 0) is 31.0 Å². The second-order valence-electron chi connectivity index (χ2n) is 6.58. The van der Waals surface area contributed by atoms with Crippen molar-refractivity contribution in [2.45, 2.75) is 19.3 Å². The Morgan fingerprint density at radius 2 is 1.92 bits per heavy atom. The number of pyridine rings is 2. The van der Waals surface area contributed by atoms with Crippen LogP contribution in [0.2, 0.25) is 0 Å². The van der Waals surface area contributed by atoms with Gasteiger partial charge in [0.1, 0.15) is 0 Å². The molecule has 3 heterocycles. The lowest BCUT2D eigenvalue weighted by Gasteiger charge is -2.20. The van der Waals surface area contributed by atoms with Crippen LogP contribution in [0.1, 0.15) is 28.8 Å². The van der Waals surface area contributed by atoms with Crippen molar-refractivity contribution in [1.29, 1.82) is 0 Å². The van der Waals surface area contributed by atoms with Gasteiger partial charge in [-0.3, -0.25) is 19.3 Å². The predicted octanol–water partition coefficient (Wildman–Crippen LogP) is 3.87. The number of allylic oxidation sites excluding steroid dienone is 1. The first-order valence-corrected chi connectivity index (χ1v) is 8.83. The molecule has 3 aromatic rings. The van der Waals surface area contributed by atoms with Gasteiger partial charge in [0.15, 0.2) is 0 Å². The predicted molar refractivity (Wildman–Crippen MR) is 104 cm³/mol. The quantitative estimate of drug-likeness (QED) is 0.711. The minimum Gasteiger partial charge on any atom is -0.280 e. The summed E-state index contributed by atoms with van der Waals surface area (Å²) in [7, 11) is 0. The summed E-state index contributed by atoms with van der Waals surface area (Å²) in [5.41, 5.74) is 6.60. The van der Waals surface area contributed by atoms with E-state index < -0.39 is 0 Å². The van der Waals surface area contributed by atoms with Gasteiger partial charge in [-0.15, -0.1) is 0 Å². The molecule has 0 saturated heterocycles. The van der Waals surface area contributed by atoms with Crippen molar-refractivity contribution >= 4 is 17.5 Å². The molecule has 1 aromatic carbocycles. The Morgan fingerprint density at radius 3 is 2.73 bits per heavy atom. The lowest BCUT2D eigenvalue weighted by molar-refractivity contribution is 0.821. The van der Waals surface area contributed by atoms with Gasteiger partial charge < -0.3 is 0 Å². The Kier molecular flexibility index (Phi) is 3.42. The number of benzene rings is 1. The maximum Gasteiger partial charge on any atom is 0.261 e. The zero-order valence-electron chi connectivity index (χ0n) is 14.2. The highest BCUT2D eigenvalue weighted by atomic mass is 16.1. The Balaban J connectivity index is 1.75. The van der Waals surface area contributed by atoms with Crippen molar-refractivity contribution in [1.82, 2.24) is 9.55 Å². The number of nitrogens with zero attached hydrogens (tertiary/aromatic N) is 3. The van der Waals surface area contributed by atoms with Crippen LogP contribution in [0.15, 0.2) is 70.7 Å². The van der Waals surface area contributed by atoms with Crippen molar-refractivity contribution in [3.63, 3.8) is 0 Å². The van der Waals surface area contributed by atoms with Crippen LogP contribution in [0.3, 0.4) is 0 Å². The van der Waals surface area contributed by atoms with Crippen LogP contribution in [0, 0.1) is 0 Å². The molecule has 0 saturated carbocycles. The Morgan fingerprint density at radius 1 is 1.04 bits per heavy atom. The first-order valence-electron chi connectivity index (χ1n) is 8.83. The molecule has 1 aliphatic heterocycles. The van der Waals surface area contributed by atoms with E-state index in [4.69, 9.17) is 4.99 Å². The van der Waals surface area contributed by atoms with Gasteiger partial charge in [0.05, 0.1) is 17.0 Å². The number of aliphatic imine (C=N–C) groups is 1. The fourth-order valence-electron chi connectivity index (χ4n) is 3.80. The lowest BCUT2D eigenvalue weighted by Crippen LogP contribution is -2.27. The molecule has 4 nitrogen and oxygen atoms in total. The summed E-state index contributed by atoms with van der Waals surface area (Å²) in [6.07, 6.45) is 10.2. The molecule has 0 N–H and O–H groups in total. The van der Waals surface area contributed by atoms with Crippen LogP contribution in [0.4, 0.5) is 5.69 Å². The molecular formula is C22H17N3O. The van der Waals surface area contributed by atoms with Crippen LogP contribution in [-0.4, -0.2) is 15.3 Å². The first-order chi connectivity index (χ1) is 12.8.